The summed E-state index contributed by atoms with van der Waals surface area (Å²) in [6.07, 6.45) is 2.77. The molecule has 0 saturated carbocycles. The van der Waals surface area contributed by atoms with E-state index in [2.05, 4.69) is 0 Å². The second-order valence-corrected chi connectivity index (χ2v) is 3.84. The van der Waals surface area contributed by atoms with Crippen molar-refractivity contribution in [3.63, 3.8) is 0 Å². The van der Waals surface area contributed by atoms with Crippen molar-refractivity contribution in [2.75, 3.05) is 6.54 Å². The molecule has 0 aliphatic rings. The van der Waals surface area contributed by atoms with Gasteiger partial charge in [-0.05, 0) is 36.7 Å². The van der Waals surface area contributed by atoms with Crippen molar-refractivity contribution in [1.82, 2.24) is 4.57 Å². The van der Waals surface area contributed by atoms with Gasteiger partial charge in [-0.2, -0.15) is 0 Å². The lowest BCUT2D eigenvalue weighted by Gasteiger charge is -1.99. The number of hydrogen-bond acceptors (Lipinski definition) is 2. The number of benzene rings is 1. The summed E-state index contributed by atoms with van der Waals surface area (Å²) in [7, 11) is 1.95. The molecule has 0 radical (unpaired) electrons. The molecule has 2 rings (SSSR count). The highest BCUT2D eigenvalue weighted by molar-refractivity contribution is 5.94. The second-order valence-electron chi connectivity index (χ2n) is 3.84. The zero-order valence-corrected chi connectivity index (χ0v) is 9.10. The van der Waals surface area contributed by atoms with E-state index in [4.69, 9.17) is 10.8 Å². The Morgan fingerprint density at radius 1 is 1.50 bits per heavy atom. The Bertz CT molecular complexity index is 543. The van der Waals surface area contributed by atoms with Crippen molar-refractivity contribution in [2.24, 2.45) is 12.8 Å². The number of nitrogens with two attached hydrogens (primary N) is 1. The van der Waals surface area contributed by atoms with Crippen LogP contribution in [0.5, 0.6) is 0 Å². The highest BCUT2D eigenvalue weighted by Crippen LogP contribution is 2.22. The van der Waals surface area contributed by atoms with Gasteiger partial charge in [-0.15, -0.1) is 0 Å². The number of fused-ring (bicyclic) bond motifs is 1. The van der Waals surface area contributed by atoms with Crippen LogP contribution in [0.1, 0.15) is 15.9 Å². The Balaban J connectivity index is 2.64. The fourth-order valence-corrected chi connectivity index (χ4v) is 1.96. The summed E-state index contributed by atoms with van der Waals surface area (Å²) < 4.78 is 1.99. The predicted molar refractivity (Wildman–Crippen MR) is 62.6 cm³/mol. The molecule has 0 spiro atoms. The fraction of sp³-hybridized carbons (Fsp3) is 0.250. The summed E-state index contributed by atoms with van der Waals surface area (Å²) in [4.78, 5) is 10.9. The van der Waals surface area contributed by atoms with Crippen LogP contribution in [0.4, 0.5) is 0 Å². The number of carboxylic acid groups (broad SMARTS) is 1. The largest absolute Gasteiger partial charge is 0.478 e. The highest BCUT2D eigenvalue weighted by Gasteiger charge is 2.09. The van der Waals surface area contributed by atoms with E-state index in [1.165, 1.54) is 0 Å². The lowest BCUT2D eigenvalue weighted by atomic mass is 10.1. The van der Waals surface area contributed by atoms with E-state index in [9.17, 15) is 4.79 Å². The predicted octanol–water partition coefficient (Wildman–Crippen LogP) is 1.38. The molecule has 4 heteroatoms. The molecular formula is C12H14N2O2. The van der Waals surface area contributed by atoms with Gasteiger partial charge >= 0.3 is 5.97 Å². The van der Waals surface area contributed by atoms with Crippen LogP contribution in [-0.4, -0.2) is 22.2 Å². The van der Waals surface area contributed by atoms with Crippen LogP contribution >= 0.6 is 0 Å². The molecular weight excluding hydrogens is 204 g/mol. The topological polar surface area (TPSA) is 68.2 Å². The maximum absolute atomic E-state index is 10.9. The molecule has 4 nitrogen and oxygen atoms in total. The van der Waals surface area contributed by atoms with Crippen molar-refractivity contribution >= 4 is 16.9 Å². The summed E-state index contributed by atoms with van der Waals surface area (Å²) in [6, 6.07) is 5.17. The molecule has 1 aromatic carbocycles. The zero-order chi connectivity index (χ0) is 11.7. The number of carbonyl (C=O) groups is 1. The molecule has 0 bridgehead atoms. The molecule has 0 fully saturated rings. The number of aromatic nitrogens is 1. The molecule has 1 aromatic heterocycles. The van der Waals surface area contributed by atoms with Crippen LogP contribution in [0.15, 0.2) is 24.4 Å². The summed E-state index contributed by atoms with van der Waals surface area (Å²) >= 11 is 0. The third kappa shape index (κ3) is 1.67. The summed E-state index contributed by atoms with van der Waals surface area (Å²) in [5.41, 5.74) is 7.99. The highest BCUT2D eigenvalue weighted by atomic mass is 16.4. The first-order valence-electron chi connectivity index (χ1n) is 5.15. The van der Waals surface area contributed by atoms with Gasteiger partial charge in [-0.3, -0.25) is 0 Å². The average molecular weight is 218 g/mol. The molecule has 0 unspecified atom stereocenters. The standard InChI is InChI=1S/C12H14N2O2/c1-14-7-9(4-5-13)10-6-8(12(15)16)2-3-11(10)14/h2-3,6-7H,4-5,13H2,1H3,(H,15,16). The minimum absolute atomic E-state index is 0.317. The van der Waals surface area contributed by atoms with E-state index in [0.717, 1.165) is 22.9 Å². The van der Waals surface area contributed by atoms with Gasteiger partial charge in [-0.1, -0.05) is 0 Å². The first kappa shape index (κ1) is 10.7. The molecule has 0 aliphatic heterocycles. The van der Waals surface area contributed by atoms with Gasteiger partial charge in [-0.25, -0.2) is 4.79 Å². The van der Waals surface area contributed by atoms with E-state index >= 15 is 0 Å². The van der Waals surface area contributed by atoms with Gasteiger partial charge in [0.2, 0.25) is 0 Å². The number of hydrogen-bond donors (Lipinski definition) is 2. The number of carboxylic acids is 1. The Kier molecular flexibility index (Phi) is 2.66. The van der Waals surface area contributed by atoms with Crippen LogP contribution in [0.3, 0.4) is 0 Å². The van der Waals surface area contributed by atoms with Gasteiger partial charge < -0.3 is 15.4 Å². The monoisotopic (exact) mass is 218 g/mol. The molecule has 1 heterocycles. The molecule has 84 valence electrons. The maximum Gasteiger partial charge on any atom is 0.335 e. The van der Waals surface area contributed by atoms with Gasteiger partial charge in [0, 0.05) is 24.1 Å². The SMILES string of the molecule is Cn1cc(CCN)c2cc(C(=O)O)ccc21. The van der Waals surface area contributed by atoms with Crippen molar-refractivity contribution in [3.8, 4) is 0 Å². The molecule has 3 N–H and O–H groups in total. The minimum Gasteiger partial charge on any atom is -0.478 e. The van der Waals surface area contributed by atoms with E-state index in [0.29, 0.717) is 12.1 Å². The second kappa shape index (κ2) is 3.98. The Morgan fingerprint density at radius 3 is 2.88 bits per heavy atom. The van der Waals surface area contributed by atoms with Crippen LogP contribution in [0, 0.1) is 0 Å². The number of rotatable bonds is 3. The zero-order valence-electron chi connectivity index (χ0n) is 9.10. The van der Waals surface area contributed by atoms with Crippen LogP contribution < -0.4 is 5.73 Å². The summed E-state index contributed by atoms with van der Waals surface area (Å²) in [5, 5.41) is 9.92. The van der Waals surface area contributed by atoms with Crippen molar-refractivity contribution in [3.05, 3.63) is 35.5 Å². The third-order valence-electron chi connectivity index (χ3n) is 2.73. The Hall–Kier alpha value is -1.81. The first-order valence-corrected chi connectivity index (χ1v) is 5.15. The maximum atomic E-state index is 10.9. The number of nitrogens with zero attached hydrogens (tertiary/aromatic N) is 1. The van der Waals surface area contributed by atoms with Crippen LogP contribution in [0.25, 0.3) is 10.9 Å². The van der Waals surface area contributed by atoms with Gasteiger partial charge in [0.1, 0.15) is 0 Å². The van der Waals surface area contributed by atoms with Gasteiger partial charge in [0.25, 0.3) is 0 Å². The molecule has 2 aromatic rings. The molecule has 0 aliphatic carbocycles. The normalized spacial score (nSPS) is 10.9. The van der Waals surface area contributed by atoms with Crippen LogP contribution in [0.2, 0.25) is 0 Å². The van der Waals surface area contributed by atoms with Gasteiger partial charge in [0.15, 0.2) is 0 Å². The molecule has 0 saturated heterocycles. The third-order valence-corrected chi connectivity index (χ3v) is 2.73. The Labute approximate surface area is 93.3 Å². The lowest BCUT2D eigenvalue weighted by molar-refractivity contribution is 0.0697. The summed E-state index contributed by atoms with van der Waals surface area (Å²) in [5.74, 6) is -0.899. The minimum atomic E-state index is -0.899. The quantitative estimate of drug-likeness (QED) is 0.817. The first-order chi connectivity index (χ1) is 7.63. The molecule has 16 heavy (non-hydrogen) atoms. The van der Waals surface area contributed by atoms with E-state index in [-0.39, 0.29) is 0 Å². The molecule has 0 amide bonds. The van der Waals surface area contributed by atoms with E-state index in [1.54, 1.807) is 12.1 Å². The lowest BCUT2D eigenvalue weighted by Crippen LogP contribution is -2.02. The fourth-order valence-electron chi connectivity index (χ4n) is 1.96. The Morgan fingerprint density at radius 2 is 2.25 bits per heavy atom. The van der Waals surface area contributed by atoms with Crippen molar-refractivity contribution < 1.29 is 9.90 Å². The van der Waals surface area contributed by atoms with Crippen molar-refractivity contribution in [1.29, 1.82) is 0 Å². The average Bonchev–Trinajstić information content (AvgIpc) is 2.56. The van der Waals surface area contributed by atoms with E-state index in [1.807, 2.05) is 23.9 Å². The van der Waals surface area contributed by atoms with Gasteiger partial charge in [0.05, 0.1) is 5.56 Å². The molecule has 0 atom stereocenters. The van der Waals surface area contributed by atoms with Crippen LogP contribution in [-0.2, 0) is 13.5 Å². The smallest absolute Gasteiger partial charge is 0.335 e. The number of aryl methyl sites for hydroxylation is 1. The van der Waals surface area contributed by atoms with E-state index < -0.39 is 5.97 Å². The van der Waals surface area contributed by atoms with Crippen molar-refractivity contribution in [2.45, 2.75) is 6.42 Å². The number of aromatic carboxylic acids is 1. The summed E-state index contributed by atoms with van der Waals surface area (Å²) in [6.45, 7) is 0.566.